The van der Waals surface area contributed by atoms with Crippen molar-refractivity contribution >= 4 is 11.5 Å². The Labute approximate surface area is 218 Å². The van der Waals surface area contributed by atoms with Crippen molar-refractivity contribution in [1.29, 1.82) is 5.26 Å². The minimum Gasteiger partial charge on any atom is -0.457 e. The number of ether oxygens (including phenoxy) is 1. The van der Waals surface area contributed by atoms with Crippen LogP contribution in [0, 0.1) is 16.7 Å². The second kappa shape index (κ2) is 11.4. The summed E-state index contributed by atoms with van der Waals surface area (Å²) in [6.45, 7) is 5.95. The number of nitrogens with one attached hydrogen (secondary N) is 1. The Hall–Kier alpha value is -4.62. The van der Waals surface area contributed by atoms with Gasteiger partial charge in [0.2, 0.25) is 0 Å². The molecule has 0 saturated carbocycles. The monoisotopic (exact) mass is 486 g/mol. The molecule has 0 radical (unpaired) electrons. The molecule has 4 aromatic rings. The maximum absolute atomic E-state index is 13.3. The van der Waals surface area contributed by atoms with Gasteiger partial charge in [0.1, 0.15) is 17.6 Å². The van der Waals surface area contributed by atoms with Crippen LogP contribution in [0.5, 0.6) is 11.5 Å². The lowest BCUT2D eigenvalue weighted by Gasteiger charge is -2.25. The summed E-state index contributed by atoms with van der Waals surface area (Å²) in [7, 11) is 0. The van der Waals surface area contributed by atoms with Crippen LogP contribution in [0.25, 0.3) is 5.57 Å². The lowest BCUT2D eigenvalue weighted by Crippen LogP contribution is -2.31. The van der Waals surface area contributed by atoms with Gasteiger partial charge in [-0.25, -0.2) is 0 Å². The molecule has 4 rings (SSSR count). The van der Waals surface area contributed by atoms with Crippen LogP contribution in [0.1, 0.15) is 47.8 Å². The summed E-state index contributed by atoms with van der Waals surface area (Å²) in [5, 5.41) is 13.2. The third-order valence-electron chi connectivity index (χ3n) is 5.92. The van der Waals surface area contributed by atoms with Gasteiger partial charge in [-0.1, -0.05) is 99.6 Å². The molecule has 0 unspecified atom stereocenters. The number of nitrogens with zero attached hydrogens (tertiary/aromatic N) is 1. The van der Waals surface area contributed by atoms with Gasteiger partial charge in [0.25, 0.3) is 5.91 Å². The van der Waals surface area contributed by atoms with Crippen LogP contribution < -0.4 is 10.1 Å². The normalized spacial score (nSPS) is 11.7. The highest BCUT2D eigenvalue weighted by atomic mass is 16.5. The number of benzene rings is 4. The lowest BCUT2D eigenvalue weighted by molar-refractivity contribution is 0.0957. The summed E-state index contributed by atoms with van der Waals surface area (Å²) in [6.07, 6.45) is 0.816. The van der Waals surface area contributed by atoms with Crippen molar-refractivity contribution in [2.75, 3.05) is 0 Å². The average molecular weight is 487 g/mol. The first kappa shape index (κ1) is 25.5. The van der Waals surface area contributed by atoms with Gasteiger partial charge in [-0.3, -0.25) is 4.79 Å². The van der Waals surface area contributed by atoms with Crippen molar-refractivity contribution in [2.24, 2.45) is 5.41 Å². The highest BCUT2D eigenvalue weighted by Crippen LogP contribution is 2.31. The van der Waals surface area contributed by atoms with Gasteiger partial charge in [-0.05, 0) is 53.4 Å². The number of carbonyl (C=O) groups is 1. The summed E-state index contributed by atoms with van der Waals surface area (Å²) in [5.74, 6) is 0.962. The summed E-state index contributed by atoms with van der Waals surface area (Å²) < 4.78 is 5.89. The molecule has 0 heterocycles. The van der Waals surface area contributed by atoms with Crippen LogP contribution in [0.3, 0.4) is 0 Å². The largest absolute Gasteiger partial charge is 0.457 e. The van der Waals surface area contributed by atoms with Crippen molar-refractivity contribution in [3.8, 4) is 17.6 Å². The molecule has 0 saturated heterocycles. The highest BCUT2D eigenvalue weighted by Gasteiger charge is 2.25. The number of rotatable bonds is 7. The van der Waals surface area contributed by atoms with Gasteiger partial charge in [0.05, 0.1) is 5.57 Å². The molecule has 0 aliphatic heterocycles. The number of allylic oxidation sites excluding steroid dienone is 2. The SMILES string of the molecule is CC(C)(C)C(NC(=O)c1cccc(Oc2ccccc2)c1)=C(C#N)c1ccc(Cc2ccccc2)cc1. The minimum absolute atomic E-state index is 0.295. The minimum atomic E-state index is -0.471. The van der Waals surface area contributed by atoms with Gasteiger partial charge in [0, 0.05) is 16.7 Å². The fourth-order valence-corrected chi connectivity index (χ4v) is 4.02. The zero-order valence-corrected chi connectivity index (χ0v) is 21.4. The summed E-state index contributed by atoms with van der Waals surface area (Å²) in [5.41, 5.74) is 4.16. The quantitative estimate of drug-likeness (QED) is 0.271. The van der Waals surface area contributed by atoms with Crippen molar-refractivity contribution in [1.82, 2.24) is 5.32 Å². The van der Waals surface area contributed by atoms with E-state index in [0.717, 1.165) is 17.5 Å². The Morgan fingerprint density at radius 2 is 1.35 bits per heavy atom. The van der Waals surface area contributed by atoms with Crippen LogP contribution >= 0.6 is 0 Å². The van der Waals surface area contributed by atoms with E-state index in [1.54, 1.807) is 18.2 Å². The van der Waals surface area contributed by atoms with Crippen LogP contribution in [-0.4, -0.2) is 5.91 Å². The fourth-order valence-electron chi connectivity index (χ4n) is 4.02. The van der Waals surface area contributed by atoms with E-state index in [0.29, 0.717) is 28.3 Å². The number of nitriles is 1. The molecule has 37 heavy (non-hydrogen) atoms. The maximum atomic E-state index is 13.3. The second-order valence-electron chi connectivity index (χ2n) is 9.87. The maximum Gasteiger partial charge on any atom is 0.255 e. The lowest BCUT2D eigenvalue weighted by atomic mass is 9.86. The predicted octanol–water partition coefficient (Wildman–Crippen LogP) is 7.78. The van der Waals surface area contributed by atoms with E-state index < -0.39 is 5.41 Å². The zero-order valence-electron chi connectivity index (χ0n) is 21.4. The first-order chi connectivity index (χ1) is 17.8. The molecule has 4 aromatic carbocycles. The molecule has 4 heteroatoms. The topological polar surface area (TPSA) is 62.1 Å². The molecular formula is C33H30N2O2. The second-order valence-corrected chi connectivity index (χ2v) is 9.87. The number of amides is 1. The Balaban J connectivity index is 1.59. The van der Waals surface area contributed by atoms with E-state index in [2.05, 4.69) is 23.5 Å². The molecule has 1 amide bonds. The van der Waals surface area contributed by atoms with Gasteiger partial charge in [-0.15, -0.1) is 0 Å². The Morgan fingerprint density at radius 3 is 1.97 bits per heavy atom. The van der Waals surface area contributed by atoms with Gasteiger partial charge >= 0.3 is 0 Å². The number of para-hydroxylation sites is 1. The van der Waals surface area contributed by atoms with E-state index in [9.17, 15) is 10.1 Å². The van der Waals surface area contributed by atoms with Crippen molar-refractivity contribution in [3.05, 3.63) is 137 Å². The Kier molecular flexibility index (Phi) is 7.86. The smallest absolute Gasteiger partial charge is 0.255 e. The highest BCUT2D eigenvalue weighted by molar-refractivity contribution is 5.97. The number of hydrogen-bond donors (Lipinski definition) is 1. The average Bonchev–Trinajstić information content (AvgIpc) is 2.90. The van der Waals surface area contributed by atoms with Crippen molar-refractivity contribution in [3.63, 3.8) is 0 Å². The van der Waals surface area contributed by atoms with Crippen LogP contribution in [0.15, 0.2) is 115 Å². The molecular weight excluding hydrogens is 456 g/mol. The molecule has 0 aromatic heterocycles. The zero-order chi connectivity index (χ0) is 26.3. The third-order valence-corrected chi connectivity index (χ3v) is 5.92. The first-order valence-electron chi connectivity index (χ1n) is 12.3. The van der Waals surface area contributed by atoms with Crippen molar-refractivity contribution in [2.45, 2.75) is 27.2 Å². The van der Waals surface area contributed by atoms with E-state index in [-0.39, 0.29) is 5.91 Å². The van der Waals surface area contributed by atoms with Crippen LogP contribution in [-0.2, 0) is 6.42 Å². The standard InChI is InChI=1S/C33H30N2O2/c1-33(2,3)31(30(23-34)26-19-17-25(18-20-26)21-24-11-6-4-7-12-24)35-32(36)27-13-10-16-29(22-27)37-28-14-8-5-9-15-28/h4-20,22H,21H2,1-3H3,(H,35,36). The van der Waals surface area contributed by atoms with E-state index in [4.69, 9.17) is 4.74 Å². The molecule has 0 bridgehead atoms. The summed E-state index contributed by atoms with van der Waals surface area (Å²) in [4.78, 5) is 13.3. The molecule has 0 spiro atoms. The molecule has 4 nitrogen and oxygen atoms in total. The van der Waals surface area contributed by atoms with Gasteiger partial charge < -0.3 is 10.1 Å². The third kappa shape index (κ3) is 6.74. The molecule has 0 aliphatic rings. The number of carbonyl (C=O) groups excluding carboxylic acids is 1. The molecule has 0 aliphatic carbocycles. The molecule has 184 valence electrons. The summed E-state index contributed by atoms with van der Waals surface area (Å²) >= 11 is 0. The predicted molar refractivity (Wildman–Crippen MR) is 148 cm³/mol. The molecule has 0 fully saturated rings. The van der Waals surface area contributed by atoms with E-state index in [1.165, 1.54) is 5.56 Å². The van der Waals surface area contributed by atoms with Crippen LogP contribution in [0.4, 0.5) is 0 Å². The van der Waals surface area contributed by atoms with Gasteiger partial charge in [-0.2, -0.15) is 5.26 Å². The molecule has 0 atom stereocenters. The first-order valence-corrected chi connectivity index (χ1v) is 12.3. The Bertz CT molecular complexity index is 1430. The van der Waals surface area contributed by atoms with Crippen molar-refractivity contribution < 1.29 is 9.53 Å². The van der Waals surface area contributed by atoms with E-state index >= 15 is 0 Å². The Morgan fingerprint density at radius 1 is 0.757 bits per heavy atom. The van der Waals surface area contributed by atoms with E-state index in [1.807, 2.05) is 99.6 Å². The summed E-state index contributed by atoms with van der Waals surface area (Å²) in [6, 6.07) is 37.0. The van der Waals surface area contributed by atoms with Gasteiger partial charge in [0.15, 0.2) is 0 Å². The molecule has 1 N–H and O–H groups in total. The van der Waals surface area contributed by atoms with Crippen LogP contribution in [0.2, 0.25) is 0 Å². The fraction of sp³-hybridized carbons (Fsp3) is 0.152. The number of hydrogen-bond acceptors (Lipinski definition) is 3.